The zero-order valence-electron chi connectivity index (χ0n) is 11.8. The van der Waals surface area contributed by atoms with Gasteiger partial charge in [-0.2, -0.15) is 0 Å². The molecule has 1 amide bonds. The van der Waals surface area contributed by atoms with E-state index in [1.165, 1.54) is 0 Å². The summed E-state index contributed by atoms with van der Waals surface area (Å²) in [5.41, 5.74) is 0.322. The third-order valence-electron chi connectivity index (χ3n) is 3.34. The van der Waals surface area contributed by atoms with Crippen LogP contribution in [-0.4, -0.2) is 46.0 Å². The fraction of sp³-hybridized carbons (Fsp3) is 0.533. The molecule has 0 bridgehead atoms. The minimum atomic E-state index is -0.342. The Morgan fingerprint density at radius 3 is 2.85 bits per heavy atom. The Balaban J connectivity index is 2.07. The van der Waals surface area contributed by atoms with Crippen LogP contribution >= 0.6 is 15.9 Å². The van der Waals surface area contributed by atoms with E-state index in [0.717, 1.165) is 0 Å². The molecule has 0 saturated carbocycles. The highest BCUT2D eigenvalue weighted by Crippen LogP contribution is 2.24. The smallest absolute Gasteiger partial charge is 0.227 e. The third-order valence-corrected chi connectivity index (χ3v) is 4.06. The first kappa shape index (κ1) is 15.3. The summed E-state index contributed by atoms with van der Waals surface area (Å²) in [6.07, 6.45) is 0.227. The van der Waals surface area contributed by atoms with Gasteiger partial charge in [0.1, 0.15) is 5.75 Å². The lowest BCUT2D eigenvalue weighted by Gasteiger charge is -2.42. The maximum absolute atomic E-state index is 12.4. The van der Waals surface area contributed by atoms with Crippen LogP contribution in [0, 0.1) is 0 Å². The average Bonchev–Trinajstić information content (AvgIpc) is 2.39. The van der Waals surface area contributed by atoms with Gasteiger partial charge < -0.3 is 14.7 Å². The summed E-state index contributed by atoms with van der Waals surface area (Å²) in [5, 5.41) is 10.5. The Labute approximate surface area is 127 Å². The molecule has 1 N–H and O–H groups in total. The molecule has 0 radical (unpaired) electrons. The number of alkyl halides is 1. The number of morpholine rings is 1. The van der Waals surface area contributed by atoms with E-state index in [0.29, 0.717) is 24.0 Å². The van der Waals surface area contributed by atoms with Crippen molar-refractivity contribution in [2.24, 2.45) is 0 Å². The number of aromatic hydroxyl groups is 1. The van der Waals surface area contributed by atoms with Gasteiger partial charge in [0.25, 0.3) is 0 Å². The summed E-state index contributed by atoms with van der Waals surface area (Å²) >= 11 is 3.41. The second kappa shape index (κ2) is 6.14. The Morgan fingerprint density at radius 1 is 1.50 bits per heavy atom. The van der Waals surface area contributed by atoms with Gasteiger partial charge in [0.05, 0.1) is 18.1 Å². The average molecular weight is 342 g/mol. The van der Waals surface area contributed by atoms with Crippen LogP contribution in [-0.2, 0) is 16.0 Å². The number of hydrogen-bond donors (Lipinski definition) is 1. The normalized spacial score (nSPS) is 21.8. The maximum Gasteiger partial charge on any atom is 0.227 e. The van der Waals surface area contributed by atoms with Crippen LogP contribution in [0.15, 0.2) is 24.3 Å². The molecule has 0 aromatic heterocycles. The van der Waals surface area contributed by atoms with E-state index >= 15 is 0 Å². The van der Waals surface area contributed by atoms with Crippen molar-refractivity contribution < 1.29 is 14.6 Å². The molecule has 1 aromatic carbocycles. The van der Waals surface area contributed by atoms with E-state index in [1.807, 2.05) is 24.8 Å². The van der Waals surface area contributed by atoms with Crippen LogP contribution in [0.25, 0.3) is 0 Å². The number of carbonyl (C=O) groups excluding carboxylic acids is 1. The highest BCUT2D eigenvalue weighted by atomic mass is 79.9. The summed E-state index contributed by atoms with van der Waals surface area (Å²) in [5.74, 6) is 0.194. The van der Waals surface area contributed by atoms with Crippen LogP contribution in [0.5, 0.6) is 5.75 Å². The van der Waals surface area contributed by atoms with Crippen molar-refractivity contribution in [1.82, 2.24) is 4.90 Å². The largest absolute Gasteiger partial charge is 0.508 e. The number of hydrogen-bond acceptors (Lipinski definition) is 3. The zero-order chi connectivity index (χ0) is 14.8. The molecule has 1 aliphatic rings. The van der Waals surface area contributed by atoms with E-state index in [2.05, 4.69) is 15.9 Å². The molecule has 1 unspecified atom stereocenters. The molecule has 0 spiro atoms. The number of rotatable bonds is 3. The molecule has 1 heterocycles. The fourth-order valence-electron chi connectivity index (χ4n) is 2.50. The van der Waals surface area contributed by atoms with Crippen LogP contribution in [0.1, 0.15) is 19.4 Å². The van der Waals surface area contributed by atoms with Crippen molar-refractivity contribution in [2.75, 3.05) is 18.4 Å². The molecular weight excluding hydrogens is 322 g/mol. The molecular formula is C15H20BrNO3. The van der Waals surface area contributed by atoms with Crippen molar-refractivity contribution >= 4 is 21.8 Å². The van der Waals surface area contributed by atoms with E-state index in [-0.39, 0.29) is 29.8 Å². The molecule has 110 valence electrons. The molecule has 1 saturated heterocycles. The lowest BCUT2D eigenvalue weighted by Crippen LogP contribution is -2.55. The Hall–Kier alpha value is -1.07. The number of phenols is 1. The molecule has 2 rings (SSSR count). The number of ether oxygens (including phenoxy) is 1. The second-order valence-corrected chi connectivity index (χ2v) is 6.38. The molecule has 1 aliphatic heterocycles. The molecule has 5 heteroatoms. The van der Waals surface area contributed by atoms with Gasteiger partial charge >= 0.3 is 0 Å². The zero-order valence-corrected chi connectivity index (χ0v) is 13.4. The quantitative estimate of drug-likeness (QED) is 0.858. The number of para-hydroxylation sites is 1. The maximum atomic E-state index is 12.4. The van der Waals surface area contributed by atoms with E-state index < -0.39 is 0 Å². The Morgan fingerprint density at radius 2 is 2.20 bits per heavy atom. The SMILES string of the molecule is CC1(C)CN(C(=O)Cc2ccccc2O)CC(CBr)O1. The number of benzene rings is 1. The lowest BCUT2D eigenvalue weighted by atomic mass is 10.0. The minimum Gasteiger partial charge on any atom is -0.508 e. The Bertz CT molecular complexity index is 490. The van der Waals surface area contributed by atoms with Crippen molar-refractivity contribution in [3.8, 4) is 5.75 Å². The van der Waals surface area contributed by atoms with Gasteiger partial charge in [0.15, 0.2) is 0 Å². The van der Waals surface area contributed by atoms with Crippen molar-refractivity contribution in [1.29, 1.82) is 0 Å². The first-order valence-electron chi connectivity index (χ1n) is 6.70. The second-order valence-electron chi connectivity index (χ2n) is 5.73. The minimum absolute atomic E-state index is 0.00655. The van der Waals surface area contributed by atoms with E-state index in [9.17, 15) is 9.90 Å². The van der Waals surface area contributed by atoms with Gasteiger partial charge in [-0.25, -0.2) is 0 Å². The van der Waals surface area contributed by atoms with Gasteiger partial charge in [0.2, 0.25) is 5.91 Å². The monoisotopic (exact) mass is 341 g/mol. The topological polar surface area (TPSA) is 49.8 Å². The molecule has 1 fully saturated rings. The summed E-state index contributed by atoms with van der Waals surface area (Å²) in [6.45, 7) is 5.13. The highest BCUT2D eigenvalue weighted by molar-refractivity contribution is 9.09. The fourth-order valence-corrected chi connectivity index (χ4v) is 2.84. The standard InChI is InChI=1S/C15H20BrNO3/c1-15(2)10-17(9-12(8-16)20-15)14(19)7-11-5-3-4-6-13(11)18/h3-6,12,18H,7-10H2,1-2H3. The van der Waals surface area contributed by atoms with Crippen LogP contribution in [0.2, 0.25) is 0 Å². The summed E-state index contributed by atoms with van der Waals surface area (Å²) in [6, 6.07) is 6.96. The predicted molar refractivity (Wildman–Crippen MR) is 81.1 cm³/mol. The number of halogens is 1. The van der Waals surface area contributed by atoms with Gasteiger partial charge in [-0.15, -0.1) is 0 Å². The summed E-state index contributed by atoms with van der Waals surface area (Å²) in [4.78, 5) is 14.2. The van der Waals surface area contributed by atoms with E-state index in [4.69, 9.17) is 4.74 Å². The first-order chi connectivity index (χ1) is 9.41. The molecule has 4 nitrogen and oxygen atoms in total. The molecule has 20 heavy (non-hydrogen) atoms. The van der Waals surface area contributed by atoms with Gasteiger partial charge in [-0.3, -0.25) is 4.79 Å². The molecule has 1 atom stereocenters. The van der Waals surface area contributed by atoms with Crippen molar-refractivity contribution in [2.45, 2.75) is 32.0 Å². The number of carbonyl (C=O) groups is 1. The van der Waals surface area contributed by atoms with Crippen LogP contribution < -0.4 is 0 Å². The predicted octanol–water partition coefficient (Wildman–Crippen LogP) is 2.34. The highest BCUT2D eigenvalue weighted by Gasteiger charge is 2.35. The first-order valence-corrected chi connectivity index (χ1v) is 7.82. The lowest BCUT2D eigenvalue weighted by molar-refractivity contribution is -0.156. The van der Waals surface area contributed by atoms with Gasteiger partial charge in [-0.1, -0.05) is 34.1 Å². The summed E-state index contributed by atoms with van der Waals surface area (Å²) < 4.78 is 5.89. The van der Waals surface area contributed by atoms with Crippen LogP contribution in [0.3, 0.4) is 0 Å². The van der Waals surface area contributed by atoms with Crippen molar-refractivity contribution in [3.63, 3.8) is 0 Å². The van der Waals surface area contributed by atoms with E-state index in [1.54, 1.807) is 18.2 Å². The Kier molecular flexibility index (Phi) is 4.70. The number of nitrogens with zero attached hydrogens (tertiary/aromatic N) is 1. The van der Waals surface area contributed by atoms with Gasteiger partial charge in [0, 0.05) is 24.0 Å². The number of amides is 1. The number of phenolic OH excluding ortho intramolecular Hbond substituents is 1. The van der Waals surface area contributed by atoms with Gasteiger partial charge in [-0.05, 0) is 19.9 Å². The summed E-state index contributed by atoms with van der Waals surface area (Å²) in [7, 11) is 0. The molecule has 1 aromatic rings. The van der Waals surface area contributed by atoms with Crippen LogP contribution in [0.4, 0.5) is 0 Å². The van der Waals surface area contributed by atoms with Crippen molar-refractivity contribution in [3.05, 3.63) is 29.8 Å². The molecule has 0 aliphatic carbocycles. The third kappa shape index (κ3) is 3.73.